The molecule has 3 aliphatic heterocycles. The average Bonchev–Trinajstić information content (AvgIpc) is 3.01. The zero-order valence-corrected chi connectivity index (χ0v) is 12.9. The summed E-state index contributed by atoms with van der Waals surface area (Å²) in [6.45, 7) is 1.38. The minimum Gasteiger partial charge on any atom is -0.375 e. The highest BCUT2D eigenvalue weighted by molar-refractivity contribution is 7.15. The summed E-state index contributed by atoms with van der Waals surface area (Å²) in [6, 6.07) is 1.29. The van der Waals surface area contributed by atoms with Crippen LogP contribution in [0.4, 0.5) is 5.13 Å². The number of fused-ring (bicyclic) bond motifs is 3. The Morgan fingerprint density at radius 1 is 1.38 bits per heavy atom. The van der Waals surface area contributed by atoms with Crippen LogP contribution in [-0.2, 0) is 22.6 Å². The van der Waals surface area contributed by atoms with Crippen LogP contribution in [0.25, 0.3) is 0 Å². The summed E-state index contributed by atoms with van der Waals surface area (Å²) in [6.07, 6.45) is 6.34. The normalized spacial score (nSPS) is 31.0. The third-order valence-corrected chi connectivity index (χ3v) is 5.77. The molecule has 0 saturated carbocycles. The number of amides is 1. The van der Waals surface area contributed by atoms with Crippen LogP contribution in [-0.4, -0.2) is 29.6 Å². The highest BCUT2D eigenvalue weighted by Crippen LogP contribution is 2.33. The summed E-state index contributed by atoms with van der Waals surface area (Å²) in [5.74, 6) is 0.648. The van der Waals surface area contributed by atoms with Gasteiger partial charge in [-0.05, 0) is 31.6 Å². The van der Waals surface area contributed by atoms with E-state index in [1.807, 2.05) is 0 Å². The van der Waals surface area contributed by atoms with Crippen LogP contribution >= 0.6 is 11.3 Å². The number of hydrogen-bond donors (Lipinski definition) is 2. The first-order chi connectivity index (χ1) is 10.3. The molecule has 2 N–H and O–H groups in total. The van der Waals surface area contributed by atoms with Crippen molar-refractivity contribution in [2.45, 2.75) is 57.2 Å². The lowest BCUT2D eigenvalue weighted by atomic mass is 9.89. The third-order valence-electron chi connectivity index (χ3n) is 4.79. The van der Waals surface area contributed by atoms with Crippen molar-refractivity contribution in [2.75, 3.05) is 11.9 Å². The molecule has 4 rings (SSSR count). The van der Waals surface area contributed by atoms with Crippen LogP contribution in [0.5, 0.6) is 0 Å². The fraction of sp³-hybridized carbons (Fsp3) is 0.733. The van der Waals surface area contributed by atoms with Crippen molar-refractivity contribution < 1.29 is 9.53 Å². The van der Waals surface area contributed by atoms with Gasteiger partial charge in [0.25, 0.3) is 0 Å². The Kier molecular flexibility index (Phi) is 3.69. The van der Waals surface area contributed by atoms with Crippen molar-refractivity contribution >= 4 is 22.4 Å². The van der Waals surface area contributed by atoms with Crippen molar-refractivity contribution in [1.82, 2.24) is 10.3 Å². The molecule has 21 heavy (non-hydrogen) atoms. The van der Waals surface area contributed by atoms with Gasteiger partial charge in [0.2, 0.25) is 5.91 Å². The molecule has 0 aliphatic carbocycles. The Hall–Kier alpha value is -0.980. The number of carbonyl (C=O) groups is 1. The average molecular weight is 307 g/mol. The van der Waals surface area contributed by atoms with Crippen LogP contribution in [0.15, 0.2) is 0 Å². The highest BCUT2D eigenvalue weighted by atomic mass is 32.1. The number of piperidine rings is 1. The molecule has 1 aromatic rings. The SMILES string of the molecule is O=C(CC1CC2CCC(C1)N2)Nc1nc2c(s1)COCC2. The first-order valence-corrected chi connectivity index (χ1v) is 8.70. The van der Waals surface area contributed by atoms with E-state index in [1.54, 1.807) is 11.3 Å². The maximum atomic E-state index is 12.2. The molecule has 2 saturated heterocycles. The predicted molar refractivity (Wildman–Crippen MR) is 81.4 cm³/mol. The first-order valence-electron chi connectivity index (χ1n) is 7.88. The zero-order valence-electron chi connectivity index (χ0n) is 12.1. The van der Waals surface area contributed by atoms with Crippen LogP contribution < -0.4 is 10.6 Å². The lowest BCUT2D eigenvalue weighted by Crippen LogP contribution is -2.39. The summed E-state index contributed by atoms with van der Waals surface area (Å²) in [4.78, 5) is 17.9. The van der Waals surface area contributed by atoms with E-state index < -0.39 is 0 Å². The number of nitrogens with zero attached hydrogens (tertiary/aromatic N) is 1. The number of anilines is 1. The Labute approximate surface area is 128 Å². The van der Waals surface area contributed by atoms with Crippen molar-refractivity contribution in [2.24, 2.45) is 5.92 Å². The van der Waals surface area contributed by atoms with Gasteiger partial charge in [-0.2, -0.15) is 0 Å². The summed E-state index contributed by atoms with van der Waals surface area (Å²) >= 11 is 1.56. The quantitative estimate of drug-likeness (QED) is 0.897. The summed E-state index contributed by atoms with van der Waals surface area (Å²) in [5.41, 5.74) is 1.10. The molecule has 2 atom stereocenters. The fourth-order valence-corrected chi connectivity index (χ4v) is 4.81. The number of nitrogens with one attached hydrogen (secondary N) is 2. The molecule has 6 heteroatoms. The molecule has 0 radical (unpaired) electrons. The molecule has 2 fully saturated rings. The molecule has 0 aromatic carbocycles. The highest BCUT2D eigenvalue weighted by Gasteiger charge is 2.34. The maximum absolute atomic E-state index is 12.2. The van der Waals surface area contributed by atoms with Crippen LogP contribution in [0.2, 0.25) is 0 Å². The van der Waals surface area contributed by atoms with E-state index in [4.69, 9.17) is 4.74 Å². The van der Waals surface area contributed by atoms with E-state index in [-0.39, 0.29) is 5.91 Å². The largest absolute Gasteiger partial charge is 0.375 e. The van der Waals surface area contributed by atoms with Crippen LogP contribution in [0.1, 0.15) is 42.7 Å². The van der Waals surface area contributed by atoms with E-state index >= 15 is 0 Å². The number of thiazole rings is 1. The Morgan fingerprint density at radius 3 is 2.95 bits per heavy atom. The number of carbonyl (C=O) groups excluding carboxylic acids is 1. The molecule has 2 bridgehead atoms. The topological polar surface area (TPSA) is 63.2 Å². The molecule has 2 unspecified atom stereocenters. The van der Waals surface area contributed by atoms with Gasteiger partial charge < -0.3 is 15.4 Å². The number of hydrogen-bond acceptors (Lipinski definition) is 5. The van der Waals surface area contributed by atoms with Gasteiger partial charge >= 0.3 is 0 Å². The molecule has 3 aliphatic rings. The van der Waals surface area contributed by atoms with Gasteiger partial charge in [-0.15, -0.1) is 0 Å². The molecule has 5 nitrogen and oxygen atoms in total. The maximum Gasteiger partial charge on any atom is 0.226 e. The fourth-order valence-electron chi connectivity index (χ4n) is 3.85. The Morgan fingerprint density at radius 2 is 2.19 bits per heavy atom. The summed E-state index contributed by atoms with van der Waals surface area (Å²) < 4.78 is 5.42. The van der Waals surface area contributed by atoms with E-state index in [0.29, 0.717) is 31.0 Å². The molecule has 114 valence electrons. The second-order valence-corrected chi connectivity index (χ2v) is 7.50. The number of rotatable bonds is 3. The number of aromatic nitrogens is 1. The second-order valence-electron chi connectivity index (χ2n) is 6.42. The standard InChI is InChI=1S/C15H21N3O2S/c19-14(7-9-5-10-1-2-11(6-9)16-10)18-15-17-12-3-4-20-8-13(12)21-15/h9-11,16H,1-8H2,(H,17,18,19). The Bertz CT molecular complexity index is 510. The van der Waals surface area contributed by atoms with Gasteiger partial charge in [-0.3, -0.25) is 4.79 Å². The van der Waals surface area contributed by atoms with E-state index in [0.717, 1.165) is 41.6 Å². The summed E-state index contributed by atoms with van der Waals surface area (Å²) in [7, 11) is 0. The van der Waals surface area contributed by atoms with E-state index in [2.05, 4.69) is 15.6 Å². The predicted octanol–water partition coefficient (Wildman–Crippen LogP) is 2.07. The third kappa shape index (κ3) is 2.98. The Balaban J connectivity index is 1.34. The van der Waals surface area contributed by atoms with Gasteiger partial charge in [0, 0.05) is 24.9 Å². The van der Waals surface area contributed by atoms with Gasteiger partial charge in [0.05, 0.1) is 23.8 Å². The lowest BCUT2D eigenvalue weighted by Gasteiger charge is -2.28. The van der Waals surface area contributed by atoms with Gasteiger partial charge in [0.15, 0.2) is 5.13 Å². The van der Waals surface area contributed by atoms with Crippen molar-refractivity contribution in [3.63, 3.8) is 0 Å². The van der Waals surface area contributed by atoms with Crippen molar-refractivity contribution in [3.8, 4) is 0 Å². The van der Waals surface area contributed by atoms with Crippen LogP contribution in [0.3, 0.4) is 0 Å². The van der Waals surface area contributed by atoms with E-state index in [1.165, 1.54) is 12.8 Å². The lowest BCUT2D eigenvalue weighted by molar-refractivity contribution is -0.117. The molecule has 4 heterocycles. The van der Waals surface area contributed by atoms with Gasteiger partial charge in [-0.1, -0.05) is 11.3 Å². The summed E-state index contributed by atoms with van der Waals surface area (Å²) in [5, 5.41) is 7.35. The molecule has 1 amide bonds. The monoisotopic (exact) mass is 307 g/mol. The van der Waals surface area contributed by atoms with Gasteiger partial charge in [-0.25, -0.2) is 4.98 Å². The minimum absolute atomic E-state index is 0.119. The molecule has 1 aromatic heterocycles. The molecule has 0 spiro atoms. The van der Waals surface area contributed by atoms with Crippen LogP contribution in [0, 0.1) is 5.92 Å². The zero-order chi connectivity index (χ0) is 14.2. The van der Waals surface area contributed by atoms with Gasteiger partial charge in [0.1, 0.15) is 0 Å². The van der Waals surface area contributed by atoms with Crippen molar-refractivity contribution in [3.05, 3.63) is 10.6 Å². The molecular weight excluding hydrogens is 286 g/mol. The van der Waals surface area contributed by atoms with E-state index in [9.17, 15) is 4.79 Å². The smallest absolute Gasteiger partial charge is 0.226 e. The number of ether oxygens (including phenoxy) is 1. The first kappa shape index (κ1) is 13.7. The second kappa shape index (κ2) is 5.66. The molecular formula is C15H21N3O2S. The van der Waals surface area contributed by atoms with Crippen molar-refractivity contribution in [1.29, 1.82) is 0 Å². The minimum atomic E-state index is 0.119.